The van der Waals surface area contributed by atoms with Crippen LogP contribution in [0.1, 0.15) is 26.2 Å². The minimum absolute atomic E-state index is 0.0241. The fourth-order valence-corrected chi connectivity index (χ4v) is 2.62. The molecule has 0 aliphatic rings. The largest absolute Gasteiger partial charge is 0.396 e. The zero-order valence-corrected chi connectivity index (χ0v) is 12.6. The number of benzene rings is 1. The normalized spacial score (nSPS) is 12.2. The van der Waals surface area contributed by atoms with Gasteiger partial charge in [-0.2, -0.15) is 0 Å². The van der Waals surface area contributed by atoms with Crippen LogP contribution in [-0.4, -0.2) is 29.9 Å². The van der Waals surface area contributed by atoms with Crippen LogP contribution < -0.4 is 5.32 Å². The van der Waals surface area contributed by atoms with Crippen molar-refractivity contribution in [3.8, 4) is 0 Å². The molecule has 1 atom stereocenters. The summed E-state index contributed by atoms with van der Waals surface area (Å²) >= 11 is 1.54. The predicted octanol–water partition coefficient (Wildman–Crippen LogP) is 2.83. The Morgan fingerprint density at radius 3 is 2.70 bits per heavy atom. The Morgan fingerprint density at radius 1 is 1.40 bits per heavy atom. The van der Waals surface area contributed by atoms with Gasteiger partial charge in [-0.25, -0.2) is 4.39 Å². The zero-order valence-electron chi connectivity index (χ0n) is 11.8. The number of nitrogens with one attached hydrogen (secondary N) is 1. The summed E-state index contributed by atoms with van der Waals surface area (Å²) in [6.45, 7) is 2.84. The highest BCUT2D eigenvalue weighted by Crippen LogP contribution is 2.18. The molecule has 3 nitrogen and oxygen atoms in total. The van der Waals surface area contributed by atoms with Gasteiger partial charge in [-0.1, -0.05) is 13.3 Å². The highest BCUT2D eigenvalue weighted by molar-refractivity contribution is 7.99. The Morgan fingerprint density at radius 2 is 2.10 bits per heavy atom. The molecule has 0 fully saturated rings. The highest BCUT2D eigenvalue weighted by atomic mass is 32.2. The van der Waals surface area contributed by atoms with E-state index in [2.05, 4.69) is 12.2 Å². The van der Waals surface area contributed by atoms with E-state index in [9.17, 15) is 9.18 Å². The summed E-state index contributed by atoms with van der Waals surface area (Å²) < 4.78 is 12.7. The van der Waals surface area contributed by atoms with Gasteiger partial charge in [-0.3, -0.25) is 4.79 Å². The maximum absolute atomic E-state index is 12.7. The van der Waals surface area contributed by atoms with Crippen molar-refractivity contribution >= 4 is 17.7 Å². The summed E-state index contributed by atoms with van der Waals surface area (Å²) in [5, 5.41) is 11.8. The second-order valence-electron chi connectivity index (χ2n) is 4.64. The molecule has 0 heterocycles. The van der Waals surface area contributed by atoms with Gasteiger partial charge in [-0.05, 0) is 36.6 Å². The monoisotopic (exact) mass is 299 g/mol. The quantitative estimate of drug-likeness (QED) is 0.689. The Kier molecular flexibility index (Phi) is 8.30. The number of amides is 1. The number of rotatable bonds is 9. The standard InChI is InChI=1S/C15H22FNO2S/c1-2-12(7-9-18)11-17-15(19)8-10-20-14-5-3-13(16)4-6-14/h3-6,12,18H,2,7-11H2,1H3,(H,17,19). The van der Waals surface area contributed by atoms with Crippen molar-refractivity contribution in [1.82, 2.24) is 5.32 Å². The molecule has 0 aliphatic carbocycles. The van der Waals surface area contributed by atoms with Crippen molar-refractivity contribution in [2.45, 2.75) is 31.1 Å². The van der Waals surface area contributed by atoms with E-state index >= 15 is 0 Å². The minimum Gasteiger partial charge on any atom is -0.396 e. The number of hydrogen-bond donors (Lipinski definition) is 2. The number of hydrogen-bond acceptors (Lipinski definition) is 3. The molecule has 0 aromatic heterocycles. The number of aliphatic hydroxyl groups excluding tert-OH is 1. The average molecular weight is 299 g/mol. The number of aliphatic hydroxyl groups is 1. The Hall–Kier alpha value is -1.07. The van der Waals surface area contributed by atoms with Gasteiger partial charge in [-0.15, -0.1) is 11.8 Å². The summed E-state index contributed by atoms with van der Waals surface area (Å²) in [6.07, 6.45) is 2.11. The summed E-state index contributed by atoms with van der Waals surface area (Å²) in [6, 6.07) is 6.27. The zero-order chi connectivity index (χ0) is 14.8. The first-order valence-electron chi connectivity index (χ1n) is 6.91. The van der Waals surface area contributed by atoms with E-state index in [1.165, 1.54) is 12.1 Å². The van der Waals surface area contributed by atoms with E-state index in [-0.39, 0.29) is 18.3 Å². The van der Waals surface area contributed by atoms with E-state index in [0.29, 0.717) is 24.6 Å². The number of thioether (sulfide) groups is 1. The van der Waals surface area contributed by atoms with E-state index in [4.69, 9.17) is 5.11 Å². The molecule has 112 valence electrons. The van der Waals surface area contributed by atoms with Crippen LogP contribution in [0.2, 0.25) is 0 Å². The van der Waals surface area contributed by atoms with E-state index in [0.717, 1.165) is 17.7 Å². The van der Waals surface area contributed by atoms with Gasteiger partial charge >= 0.3 is 0 Å². The molecule has 2 N–H and O–H groups in total. The van der Waals surface area contributed by atoms with Gasteiger partial charge in [0.25, 0.3) is 0 Å². The first kappa shape index (κ1) is 17.0. The van der Waals surface area contributed by atoms with Crippen LogP contribution in [0, 0.1) is 11.7 Å². The Bertz CT molecular complexity index is 397. The predicted molar refractivity (Wildman–Crippen MR) is 80.2 cm³/mol. The third-order valence-corrected chi connectivity index (χ3v) is 4.13. The summed E-state index contributed by atoms with van der Waals surface area (Å²) in [7, 11) is 0. The summed E-state index contributed by atoms with van der Waals surface area (Å²) in [5.41, 5.74) is 0. The molecular formula is C15H22FNO2S. The third kappa shape index (κ3) is 6.91. The smallest absolute Gasteiger partial charge is 0.220 e. The van der Waals surface area contributed by atoms with Crippen LogP contribution in [0.5, 0.6) is 0 Å². The van der Waals surface area contributed by atoms with Gasteiger partial charge in [0.15, 0.2) is 0 Å². The molecule has 1 unspecified atom stereocenters. The van der Waals surface area contributed by atoms with Crippen LogP contribution in [0.25, 0.3) is 0 Å². The molecular weight excluding hydrogens is 277 g/mol. The molecule has 0 radical (unpaired) electrons. The fourth-order valence-electron chi connectivity index (χ4n) is 1.77. The lowest BCUT2D eigenvalue weighted by Gasteiger charge is -2.14. The van der Waals surface area contributed by atoms with Gasteiger partial charge in [0, 0.05) is 30.2 Å². The highest BCUT2D eigenvalue weighted by Gasteiger charge is 2.08. The Labute approximate surface area is 124 Å². The minimum atomic E-state index is -0.249. The van der Waals surface area contributed by atoms with Crippen molar-refractivity contribution in [3.63, 3.8) is 0 Å². The van der Waals surface area contributed by atoms with E-state index in [1.807, 2.05) is 0 Å². The fraction of sp³-hybridized carbons (Fsp3) is 0.533. The summed E-state index contributed by atoms with van der Waals surface area (Å²) in [5.74, 6) is 0.792. The van der Waals surface area contributed by atoms with Crippen LogP contribution in [0.15, 0.2) is 29.2 Å². The number of carbonyl (C=O) groups excluding carboxylic acids is 1. The number of carbonyl (C=O) groups is 1. The molecule has 0 saturated heterocycles. The van der Waals surface area contributed by atoms with Gasteiger partial charge in [0.2, 0.25) is 5.91 Å². The molecule has 0 spiro atoms. The molecule has 0 aliphatic heterocycles. The molecule has 5 heteroatoms. The van der Waals surface area contributed by atoms with E-state index in [1.54, 1.807) is 23.9 Å². The van der Waals surface area contributed by atoms with Crippen molar-refractivity contribution in [2.75, 3.05) is 18.9 Å². The maximum Gasteiger partial charge on any atom is 0.220 e. The topological polar surface area (TPSA) is 49.3 Å². The average Bonchev–Trinajstić information content (AvgIpc) is 2.45. The first-order valence-corrected chi connectivity index (χ1v) is 7.90. The first-order chi connectivity index (χ1) is 9.65. The Balaban J connectivity index is 2.18. The van der Waals surface area contributed by atoms with E-state index < -0.39 is 0 Å². The molecule has 1 aromatic carbocycles. The SMILES string of the molecule is CCC(CCO)CNC(=O)CCSc1ccc(F)cc1. The van der Waals surface area contributed by atoms with Crippen LogP contribution >= 0.6 is 11.8 Å². The summed E-state index contributed by atoms with van der Waals surface area (Å²) in [4.78, 5) is 12.6. The molecule has 0 bridgehead atoms. The number of halogens is 1. The van der Waals surface area contributed by atoms with Crippen molar-refractivity contribution in [1.29, 1.82) is 0 Å². The molecule has 0 saturated carbocycles. The second kappa shape index (κ2) is 9.77. The van der Waals surface area contributed by atoms with Crippen molar-refractivity contribution in [3.05, 3.63) is 30.1 Å². The van der Waals surface area contributed by atoms with Crippen LogP contribution in [0.4, 0.5) is 4.39 Å². The van der Waals surface area contributed by atoms with Crippen molar-refractivity contribution < 1.29 is 14.3 Å². The lowest BCUT2D eigenvalue weighted by atomic mass is 10.0. The second-order valence-corrected chi connectivity index (χ2v) is 5.81. The van der Waals surface area contributed by atoms with Crippen LogP contribution in [-0.2, 0) is 4.79 Å². The molecule has 1 amide bonds. The molecule has 1 aromatic rings. The molecule has 20 heavy (non-hydrogen) atoms. The van der Waals surface area contributed by atoms with Gasteiger partial charge < -0.3 is 10.4 Å². The third-order valence-electron chi connectivity index (χ3n) is 3.11. The van der Waals surface area contributed by atoms with Crippen molar-refractivity contribution in [2.24, 2.45) is 5.92 Å². The van der Waals surface area contributed by atoms with Gasteiger partial charge in [0.1, 0.15) is 5.82 Å². The lowest BCUT2D eigenvalue weighted by molar-refractivity contribution is -0.120. The maximum atomic E-state index is 12.7. The van der Waals surface area contributed by atoms with Gasteiger partial charge in [0.05, 0.1) is 0 Å². The van der Waals surface area contributed by atoms with Crippen LogP contribution in [0.3, 0.4) is 0 Å². The lowest BCUT2D eigenvalue weighted by Crippen LogP contribution is -2.29. The molecule has 1 rings (SSSR count).